The molecule has 0 unspecified atom stereocenters. The fourth-order valence-corrected chi connectivity index (χ4v) is 2.92. The molecule has 0 bridgehead atoms. The van der Waals surface area contributed by atoms with E-state index in [1.807, 2.05) is 24.3 Å². The highest BCUT2D eigenvalue weighted by molar-refractivity contribution is 9.10. The van der Waals surface area contributed by atoms with E-state index < -0.39 is 0 Å². The van der Waals surface area contributed by atoms with Gasteiger partial charge in [-0.15, -0.1) is 0 Å². The molecule has 1 aromatic carbocycles. The number of nitrogens with zero attached hydrogens (tertiary/aromatic N) is 1. The number of amides is 1. The third-order valence-electron chi connectivity index (χ3n) is 3.81. The first-order chi connectivity index (χ1) is 10.2. The molecule has 0 aromatic heterocycles. The summed E-state index contributed by atoms with van der Waals surface area (Å²) in [5.74, 6) is 0.0216. The van der Waals surface area contributed by atoms with Gasteiger partial charge in [0.25, 0.3) is 0 Å². The summed E-state index contributed by atoms with van der Waals surface area (Å²) in [5.41, 5.74) is 0.836. The second kappa shape index (κ2) is 8.51. The Labute approximate surface area is 135 Å². The zero-order valence-electron chi connectivity index (χ0n) is 12.6. The molecule has 1 amide bonds. The molecule has 21 heavy (non-hydrogen) atoms. The van der Waals surface area contributed by atoms with Crippen LogP contribution in [0.4, 0.5) is 5.69 Å². The van der Waals surface area contributed by atoms with Crippen LogP contribution in [0.25, 0.3) is 0 Å². The maximum absolute atomic E-state index is 11.9. The normalized spacial score (nSPS) is 16.9. The number of piperidine rings is 1. The quantitative estimate of drug-likeness (QED) is 0.826. The van der Waals surface area contributed by atoms with E-state index >= 15 is 0 Å². The summed E-state index contributed by atoms with van der Waals surface area (Å²) in [6.45, 7) is 6.07. The van der Waals surface area contributed by atoms with E-state index in [4.69, 9.17) is 0 Å². The third-order valence-corrected chi connectivity index (χ3v) is 4.34. The summed E-state index contributed by atoms with van der Waals surface area (Å²) in [7, 11) is 0. The van der Waals surface area contributed by atoms with Gasteiger partial charge in [-0.1, -0.05) is 22.9 Å². The molecule has 0 atom stereocenters. The standard InChI is InChI=1S/C16H24BrN3O/c1-2-9-20-10-7-14(8-11-20)18-12-16(21)19-15-5-3-13(17)4-6-15/h3-6,14,18H,2,7-12H2,1H3,(H,19,21). The van der Waals surface area contributed by atoms with Crippen LogP contribution in [-0.4, -0.2) is 43.0 Å². The second-order valence-electron chi connectivity index (χ2n) is 5.55. The number of nitrogens with one attached hydrogen (secondary N) is 2. The van der Waals surface area contributed by atoms with Crippen molar-refractivity contribution in [3.05, 3.63) is 28.7 Å². The maximum Gasteiger partial charge on any atom is 0.238 e. The zero-order valence-corrected chi connectivity index (χ0v) is 14.2. The molecule has 5 heteroatoms. The van der Waals surface area contributed by atoms with Gasteiger partial charge < -0.3 is 15.5 Å². The van der Waals surface area contributed by atoms with Crippen molar-refractivity contribution in [2.24, 2.45) is 0 Å². The zero-order chi connectivity index (χ0) is 15.1. The fraction of sp³-hybridized carbons (Fsp3) is 0.562. The highest BCUT2D eigenvalue weighted by Crippen LogP contribution is 2.14. The van der Waals surface area contributed by atoms with Crippen LogP contribution in [0.5, 0.6) is 0 Å². The number of benzene rings is 1. The number of hydrogen-bond acceptors (Lipinski definition) is 3. The fourth-order valence-electron chi connectivity index (χ4n) is 2.65. The van der Waals surface area contributed by atoms with E-state index in [0.29, 0.717) is 12.6 Å². The number of rotatable bonds is 6. The van der Waals surface area contributed by atoms with Crippen LogP contribution in [-0.2, 0) is 4.79 Å². The van der Waals surface area contributed by atoms with Gasteiger partial charge in [-0.2, -0.15) is 0 Å². The number of hydrogen-bond donors (Lipinski definition) is 2. The Morgan fingerprint density at radius 1 is 1.29 bits per heavy atom. The molecular formula is C16H24BrN3O. The predicted octanol–water partition coefficient (Wildman–Crippen LogP) is 2.85. The van der Waals surface area contributed by atoms with Crippen LogP contribution in [0.2, 0.25) is 0 Å². The van der Waals surface area contributed by atoms with Crippen LogP contribution in [0.15, 0.2) is 28.7 Å². The van der Waals surface area contributed by atoms with Crippen molar-refractivity contribution in [1.82, 2.24) is 10.2 Å². The lowest BCUT2D eigenvalue weighted by atomic mass is 10.0. The van der Waals surface area contributed by atoms with Crippen LogP contribution >= 0.6 is 15.9 Å². The lowest BCUT2D eigenvalue weighted by Gasteiger charge is -2.32. The van der Waals surface area contributed by atoms with Gasteiger partial charge in [0.05, 0.1) is 6.54 Å². The highest BCUT2D eigenvalue weighted by atomic mass is 79.9. The molecule has 1 aliphatic heterocycles. The van der Waals surface area contributed by atoms with Gasteiger partial charge in [0, 0.05) is 16.2 Å². The summed E-state index contributed by atoms with van der Waals surface area (Å²) >= 11 is 3.38. The van der Waals surface area contributed by atoms with Gasteiger partial charge in [-0.3, -0.25) is 4.79 Å². The van der Waals surface area contributed by atoms with Crippen LogP contribution in [0.3, 0.4) is 0 Å². The molecule has 2 rings (SSSR count). The minimum Gasteiger partial charge on any atom is -0.325 e. The minimum atomic E-state index is 0.0216. The van der Waals surface area contributed by atoms with E-state index in [0.717, 1.165) is 36.1 Å². The van der Waals surface area contributed by atoms with Gasteiger partial charge in [-0.25, -0.2) is 0 Å². The van der Waals surface area contributed by atoms with Crippen molar-refractivity contribution in [1.29, 1.82) is 0 Å². The van der Waals surface area contributed by atoms with E-state index in [1.54, 1.807) is 0 Å². The van der Waals surface area contributed by atoms with Crippen molar-refractivity contribution in [2.75, 3.05) is 31.5 Å². The SMILES string of the molecule is CCCN1CCC(NCC(=O)Nc2ccc(Br)cc2)CC1. The van der Waals surface area contributed by atoms with Crippen LogP contribution in [0, 0.1) is 0 Å². The first-order valence-electron chi connectivity index (χ1n) is 7.68. The van der Waals surface area contributed by atoms with Crippen molar-refractivity contribution >= 4 is 27.5 Å². The topological polar surface area (TPSA) is 44.4 Å². The first-order valence-corrected chi connectivity index (χ1v) is 8.48. The molecule has 1 heterocycles. The Hall–Kier alpha value is -0.910. The smallest absolute Gasteiger partial charge is 0.238 e. The molecule has 0 radical (unpaired) electrons. The molecule has 4 nitrogen and oxygen atoms in total. The Kier molecular flexibility index (Phi) is 6.67. The van der Waals surface area contributed by atoms with Gasteiger partial charge in [-0.05, 0) is 63.2 Å². The highest BCUT2D eigenvalue weighted by Gasteiger charge is 2.18. The Bertz CT molecular complexity index is 441. The molecule has 1 aromatic rings. The average molecular weight is 354 g/mol. The molecule has 0 aliphatic carbocycles. The largest absolute Gasteiger partial charge is 0.325 e. The number of carbonyl (C=O) groups excluding carboxylic acids is 1. The third kappa shape index (κ3) is 5.77. The lowest BCUT2D eigenvalue weighted by molar-refractivity contribution is -0.115. The predicted molar refractivity (Wildman–Crippen MR) is 90.5 cm³/mol. The molecule has 0 spiro atoms. The van der Waals surface area contributed by atoms with Crippen molar-refractivity contribution in [3.8, 4) is 0 Å². The Morgan fingerprint density at radius 2 is 1.95 bits per heavy atom. The number of likely N-dealkylation sites (tertiary alicyclic amines) is 1. The monoisotopic (exact) mass is 353 g/mol. The van der Waals surface area contributed by atoms with Crippen LogP contribution < -0.4 is 10.6 Å². The maximum atomic E-state index is 11.9. The molecule has 2 N–H and O–H groups in total. The average Bonchev–Trinajstić information content (AvgIpc) is 2.49. The first kappa shape index (κ1) is 16.5. The summed E-state index contributed by atoms with van der Waals surface area (Å²) < 4.78 is 1.01. The number of anilines is 1. The van der Waals surface area contributed by atoms with Gasteiger partial charge in [0.1, 0.15) is 0 Å². The Balaban J connectivity index is 1.66. The molecule has 1 aliphatic rings. The van der Waals surface area contributed by atoms with E-state index in [9.17, 15) is 4.79 Å². The van der Waals surface area contributed by atoms with Crippen molar-refractivity contribution < 1.29 is 4.79 Å². The number of halogens is 1. The summed E-state index contributed by atoms with van der Waals surface area (Å²) in [6.07, 6.45) is 3.48. The summed E-state index contributed by atoms with van der Waals surface area (Å²) in [4.78, 5) is 14.4. The molecule has 1 saturated heterocycles. The minimum absolute atomic E-state index is 0.0216. The molecule has 116 valence electrons. The second-order valence-corrected chi connectivity index (χ2v) is 6.47. The number of carbonyl (C=O) groups is 1. The summed E-state index contributed by atoms with van der Waals surface area (Å²) in [5, 5.41) is 6.27. The van der Waals surface area contributed by atoms with E-state index in [2.05, 4.69) is 38.4 Å². The van der Waals surface area contributed by atoms with Gasteiger partial charge in [0.15, 0.2) is 0 Å². The van der Waals surface area contributed by atoms with Crippen molar-refractivity contribution in [2.45, 2.75) is 32.2 Å². The Morgan fingerprint density at radius 3 is 2.57 bits per heavy atom. The lowest BCUT2D eigenvalue weighted by Crippen LogP contribution is -2.44. The van der Waals surface area contributed by atoms with E-state index in [1.165, 1.54) is 13.0 Å². The van der Waals surface area contributed by atoms with Crippen LogP contribution in [0.1, 0.15) is 26.2 Å². The molecular weight excluding hydrogens is 330 g/mol. The van der Waals surface area contributed by atoms with E-state index in [-0.39, 0.29) is 5.91 Å². The molecule has 1 fully saturated rings. The van der Waals surface area contributed by atoms with Gasteiger partial charge >= 0.3 is 0 Å². The van der Waals surface area contributed by atoms with Crippen molar-refractivity contribution in [3.63, 3.8) is 0 Å². The summed E-state index contributed by atoms with van der Waals surface area (Å²) in [6, 6.07) is 8.10. The van der Waals surface area contributed by atoms with Gasteiger partial charge in [0.2, 0.25) is 5.91 Å². The molecule has 0 saturated carbocycles.